The van der Waals surface area contributed by atoms with E-state index in [1.165, 1.54) is 10.9 Å². The Kier molecular flexibility index (Phi) is 2.96. The lowest BCUT2D eigenvalue weighted by atomic mass is 9.91. The van der Waals surface area contributed by atoms with Crippen LogP contribution in [0.2, 0.25) is 0 Å². The van der Waals surface area contributed by atoms with Gasteiger partial charge in [0.05, 0.1) is 23.9 Å². The van der Waals surface area contributed by atoms with Crippen molar-refractivity contribution < 1.29 is 8.78 Å². The Bertz CT molecular complexity index is 338. The van der Waals surface area contributed by atoms with Crippen molar-refractivity contribution in [3.63, 3.8) is 0 Å². The van der Waals surface area contributed by atoms with Crippen molar-refractivity contribution in [1.29, 1.82) is 0 Å². The van der Waals surface area contributed by atoms with Gasteiger partial charge in [0.1, 0.15) is 0 Å². The van der Waals surface area contributed by atoms with Gasteiger partial charge in [0.25, 0.3) is 5.92 Å². The van der Waals surface area contributed by atoms with Gasteiger partial charge in [-0.1, -0.05) is 6.42 Å². The van der Waals surface area contributed by atoms with Crippen LogP contribution in [0, 0.1) is 0 Å². The summed E-state index contributed by atoms with van der Waals surface area (Å²) in [6, 6.07) is -0.762. The summed E-state index contributed by atoms with van der Waals surface area (Å²) < 4.78 is 28.8. The van der Waals surface area contributed by atoms with E-state index in [9.17, 15) is 8.78 Å². The zero-order chi connectivity index (χ0) is 10.9. The van der Waals surface area contributed by atoms with E-state index in [2.05, 4.69) is 4.98 Å². The van der Waals surface area contributed by atoms with Gasteiger partial charge in [0.15, 0.2) is 0 Å². The Balaban J connectivity index is 2.28. The molecular formula is C10H13ClF2N2. The quantitative estimate of drug-likeness (QED) is 0.718. The van der Waals surface area contributed by atoms with Crippen molar-refractivity contribution >= 4 is 11.6 Å². The second-order valence-electron chi connectivity index (χ2n) is 3.95. The SMILES string of the molecule is FC1(F)CCCCC1n1cncc1CCl. The van der Waals surface area contributed by atoms with Crippen LogP contribution in [0.25, 0.3) is 0 Å². The third-order valence-electron chi connectivity index (χ3n) is 2.94. The minimum atomic E-state index is -2.63. The summed E-state index contributed by atoms with van der Waals surface area (Å²) in [5.41, 5.74) is 0.670. The van der Waals surface area contributed by atoms with Crippen LogP contribution in [0.3, 0.4) is 0 Å². The van der Waals surface area contributed by atoms with Gasteiger partial charge in [0, 0.05) is 12.6 Å². The average molecular weight is 235 g/mol. The fourth-order valence-corrected chi connectivity index (χ4v) is 2.34. The lowest BCUT2D eigenvalue weighted by Crippen LogP contribution is -2.34. The Hall–Kier alpha value is -0.640. The van der Waals surface area contributed by atoms with Gasteiger partial charge in [-0.25, -0.2) is 13.8 Å². The van der Waals surface area contributed by atoms with E-state index in [0.29, 0.717) is 18.5 Å². The maximum Gasteiger partial charge on any atom is 0.268 e. The van der Waals surface area contributed by atoms with Crippen LogP contribution in [0.5, 0.6) is 0 Å². The lowest BCUT2D eigenvalue weighted by Gasteiger charge is -2.32. The van der Waals surface area contributed by atoms with Crippen LogP contribution >= 0.6 is 11.6 Å². The van der Waals surface area contributed by atoms with Gasteiger partial charge in [-0.3, -0.25) is 0 Å². The molecule has 2 rings (SSSR count). The Morgan fingerprint density at radius 1 is 1.53 bits per heavy atom. The maximum atomic E-state index is 13.7. The second-order valence-corrected chi connectivity index (χ2v) is 4.22. The summed E-state index contributed by atoms with van der Waals surface area (Å²) in [6.07, 6.45) is 4.94. The first-order valence-corrected chi connectivity index (χ1v) is 5.63. The maximum absolute atomic E-state index is 13.7. The molecule has 0 N–H and O–H groups in total. The summed E-state index contributed by atoms with van der Waals surface area (Å²) >= 11 is 5.68. The standard InChI is InChI=1S/C10H13ClF2N2/c11-5-8-6-14-7-15(8)9-3-1-2-4-10(9,12)13/h6-7,9H,1-5H2. The van der Waals surface area contributed by atoms with Crippen molar-refractivity contribution in [2.75, 3.05) is 0 Å². The molecule has 1 atom stereocenters. The molecule has 1 aromatic heterocycles. The number of aromatic nitrogens is 2. The van der Waals surface area contributed by atoms with Crippen molar-refractivity contribution in [1.82, 2.24) is 9.55 Å². The molecule has 84 valence electrons. The highest BCUT2D eigenvalue weighted by Crippen LogP contribution is 2.42. The van der Waals surface area contributed by atoms with E-state index in [1.807, 2.05) is 0 Å². The molecule has 0 amide bonds. The fraction of sp³-hybridized carbons (Fsp3) is 0.700. The van der Waals surface area contributed by atoms with Crippen LogP contribution in [-0.2, 0) is 5.88 Å². The second kappa shape index (κ2) is 4.08. The lowest BCUT2D eigenvalue weighted by molar-refractivity contribution is -0.0787. The molecule has 15 heavy (non-hydrogen) atoms. The topological polar surface area (TPSA) is 17.8 Å². The first-order valence-electron chi connectivity index (χ1n) is 5.09. The monoisotopic (exact) mass is 234 g/mol. The molecule has 0 aliphatic heterocycles. The van der Waals surface area contributed by atoms with E-state index < -0.39 is 12.0 Å². The van der Waals surface area contributed by atoms with E-state index in [4.69, 9.17) is 11.6 Å². The molecular weight excluding hydrogens is 222 g/mol. The Morgan fingerprint density at radius 3 is 3.00 bits per heavy atom. The van der Waals surface area contributed by atoms with Crippen LogP contribution in [0.1, 0.15) is 37.4 Å². The van der Waals surface area contributed by atoms with Crippen molar-refractivity contribution in [2.24, 2.45) is 0 Å². The molecule has 2 nitrogen and oxygen atoms in total. The minimum Gasteiger partial charge on any atom is -0.324 e. The largest absolute Gasteiger partial charge is 0.324 e. The molecule has 1 saturated carbocycles. The number of hydrogen-bond donors (Lipinski definition) is 0. The van der Waals surface area contributed by atoms with Crippen LogP contribution < -0.4 is 0 Å². The van der Waals surface area contributed by atoms with Gasteiger partial charge < -0.3 is 4.57 Å². The zero-order valence-corrected chi connectivity index (χ0v) is 9.05. The average Bonchev–Trinajstić information content (AvgIpc) is 2.64. The summed E-state index contributed by atoms with van der Waals surface area (Å²) in [7, 11) is 0. The number of rotatable bonds is 2. The predicted molar refractivity (Wildman–Crippen MR) is 54.2 cm³/mol. The molecule has 1 aromatic rings. The number of hydrogen-bond acceptors (Lipinski definition) is 1. The third kappa shape index (κ3) is 2.00. The van der Waals surface area contributed by atoms with Crippen molar-refractivity contribution in [2.45, 2.75) is 43.5 Å². The number of halogens is 3. The van der Waals surface area contributed by atoms with Gasteiger partial charge in [-0.15, -0.1) is 11.6 Å². The van der Waals surface area contributed by atoms with E-state index >= 15 is 0 Å². The van der Waals surface area contributed by atoms with Gasteiger partial charge in [-0.05, 0) is 12.8 Å². The molecule has 5 heteroatoms. The third-order valence-corrected chi connectivity index (χ3v) is 3.22. The van der Waals surface area contributed by atoms with Crippen LogP contribution in [0.4, 0.5) is 8.78 Å². The highest BCUT2D eigenvalue weighted by Gasteiger charge is 2.42. The summed E-state index contributed by atoms with van der Waals surface area (Å²) in [5.74, 6) is -2.40. The van der Waals surface area contributed by atoms with E-state index in [-0.39, 0.29) is 12.3 Å². The Labute approximate surface area is 92.3 Å². The first kappa shape index (κ1) is 10.9. The summed E-state index contributed by atoms with van der Waals surface area (Å²) in [4.78, 5) is 3.88. The molecule has 1 unspecified atom stereocenters. The molecule has 1 aliphatic carbocycles. The number of imidazole rings is 1. The van der Waals surface area contributed by atoms with E-state index in [0.717, 1.165) is 6.42 Å². The smallest absolute Gasteiger partial charge is 0.268 e. The normalized spacial score (nSPS) is 25.4. The number of alkyl halides is 3. The molecule has 1 aliphatic rings. The summed E-state index contributed by atoms with van der Waals surface area (Å²) in [6.45, 7) is 0. The molecule has 1 fully saturated rings. The molecule has 1 heterocycles. The van der Waals surface area contributed by atoms with E-state index in [1.54, 1.807) is 6.20 Å². The van der Waals surface area contributed by atoms with Crippen LogP contribution in [0.15, 0.2) is 12.5 Å². The van der Waals surface area contributed by atoms with Gasteiger partial charge in [0.2, 0.25) is 0 Å². The molecule has 0 spiro atoms. The highest BCUT2D eigenvalue weighted by molar-refractivity contribution is 6.16. The zero-order valence-electron chi connectivity index (χ0n) is 8.30. The molecule has 0 bridgehead atoms. The number of nitrogens with zero attached hydrogens (tertiary/aromatic N) is 2. The van der Waals surface area contributed by atoms with Gasteiger partial charge >= 0.3 is 0 Å². The summed E-state index contributed by atoms with van der Waals surface area (Å²) in [5, 5.41) is 0. The fourth-order valence-electron chi connectivity index (χ4n) is 2.13. The van der Waals surface area contributed by atoms with Crippen LogP contribution in [-0.4, -0.2) is 15.5 Å². The highest BCUT2D eigenvalue weighted by atomic mass is 35.5. The molecule has 0 saturated heterocycles. The predicted octanol–water partition coefficient (Wildman–Crippen LogP) is 3.37. The first-order chi connectivity index (χ1) is 7.15. The van der Waals surface area contributed by atoms with Crippen molar-refractivity contribution in [3.05, 3.63) is 18.2 Å². The molecule has 0 aromatic carbocycles. The minimum absolute atomic E-state index is 0.0302. The molecule has 0 radical (unpaired) electrons. The Morgan fingerprint density at radius 2 is 2.33 bits per heavy atom. The van der Waals surface area contributed by atoms with Crippen molar-refractivity contribution in [3.8, 4) is 0 Å². The van der Waals surface area contributed by atoms with Gasteiger partial charge in [-0.2, -0.15) is 0 Å².